The molecule has 0 saturated heterocycles. The molecule has 1 heteroatoms. The third-order valence-electron chi connectivity index (χ3n) is 5.47. The van der Waals surface area contributed by atoms with Crippen molar-refractivity contribution >= 4 is 18.5 Å². The molecule has 1 radical (unpaired) electrons. The lowest BCUT2D eigenvalue weighted by molar-refractivity contribution is 1.14. The van der Waals surface area contributed by atoms with E-state index in [-0.39, 0.29) is 0 Å². The highest BCUT2D eigenvalue weighted by Crippen LogP contribution is 2.50. The molecule has 1 heterocycles. The van der Waals surface area contributed by atoms with Crippen LogP contribution >= 0.6 is 0 Å². The van der Waals surface area contributed by atoms with Gasteiger partial charge in [-0.1, -0.05) is 68.9 Å². The van der Waals surface area contributed by atoms with Gasteiger partial charge < -0.3 is 0 Å². The first kappa shape index (κ1) is 14.0. The summed E-state index contributed by atoms with van der Waals surface area (Å²) < 4.78 is 0. The fourth-order valence-corrected chi connectivity index (χ4v) is 7.89. The van der Waals surface area contributed by atoms with Crippen LogP contribution in [0.4, 0.5) is 0 Å². The largest absolute Gasteiger partial charge is 0.113 e. The molecule has 1 aliphatic carbocycles. The van der Waals surface area contributed by atoms with Crippen molar-refractivity contribution in [3.05, 3.63) is 65.1 Å². The molecular formula is C21H23Si. The first-order chi connectivity index (χ1) is 10.6. The number of aryl methyl sites for hydroxylation is 1. The van der Waals surface area contributed by atoms with Gasteiger partial charge in [-0.25, -0.2) is 0 Å². The van der Waals surface area contributed by atoms with Gasteiger partial charge in [-0.3, -0.25) is 0 Å². The van der Waals surface area contributed by atoms with Crippen LogP contribution in [0, 0.1) is 6.42 Å². The van der Waals surface area contributed by atoms with Crippen molar-refractivity contribution in [2.75, 3.05) is 0 Å². The third-order valence-corrected chi connectivity index (χ3v) is 9.05. The Labute approximate surface area is 134 Å². The van der Waals surface area contributed by atoms with Gasteiger partial charge in [0.1, 0.15) is 8.07 Å². The average molecular weight is 304 g/mol. The van der Waals surface area contributed by atoms with Crippen LogP contribution < -0.4 is 5.19 Å². The summed E-state index contributed by atoms with van der Waals surface area (Å²) in [5, 5.41) is 3.34. The lowest BCUT2D eigenvalue weighted by Gasteiger charge is -2.21. The molecule has 0 saturated carbocycles. The summed E-state index contributed by atoms with van der Waals surface area (Å²) in [5.74, 6) is 0. The fraction of sp³-hybridized carbons (Fsp3) is 0.286. The molecule has 2 aliphatic rings. The van der Waals surface area contributed by atoms with Crippen LogP contribution in [-0.4, -0.2) is 8.07 Å². The van der Waals surface area contributed by atoms with Crippen LogP contribution in [0.5, 0.6) is 0 Å². The molecule has 0 amide bonds. The number of hydrogen-bond donors (Lipinski definition) is 0. The number of benzene rings is 2. The molecule has 0 aromatic heterocycles. The van der Waals surface area contributed by atoms with Crippen molar-refractivity contribution in [2.24, 2.45) is 0 Å². The summed E-state index contributed by atoms with van der Waals surface area (Å²) in [4.78, 5) is 0. The summed E-state index contributed by atoms with van der Waals surface area (Å²) in [6, 6.07) is 14.0. The number of fused-ring (bicyclic) bond motifs is 1. The quantitative estimate of drug-likeness (QED) is 0.691. The summed E-state index contributed by atoms with van der Waals surface area (Å²) in [7, 11) is -1.53. The number of hydrogen-bond acceptors (Lipinski definition) is 0. The Kier molecular flexibility index (Phi) is 2.99. The van der Waals surface area contributed by atoms with Gasteiger partial charge in [0, 0.05) is 6.42 Å². The molecule has 0 fully saturated rings. The predicted molar refractivity (Wildman–Crippen MR) is 99.0 cm³/mol. The van der Waals surface area contributed by atoms with Gasteiger partial charge >= 0.3 is 0 Å². The zero-order chi connectivity index (χ0) is 15.5. The van der Waals surface area contributed by atoms with Crippen molar-refractivity contribution in [3.8, 4) is 11.1 Å². The monoisotopic (exact) mass is 303 g/mol. The number of rotatable bonds is 3. The third kappa shape index (κ3) is 1.69. The molecule has 2 bridgehead atoms. The molecule has 2 aromatic rings. The molecule has 4 rings (SSSR count). The van der Waals surface area contributed by atoms with E-state index in [1.165, 1.54) is 22.3 Å². The van der Waals surface area contributed by atoms with Gasteiger partial charge in [0.15, 0.2) is 0 Å². The van der Waals surface area contributed by atoms with Crippen molar-refractivity contribution < 1.29 is 0 Å². The van der Waals surface area contributed by atoms with Crippen molar-refractivity contribution in [2.45, 2.75) is 39.8 Å². The second kappa shape index (κ2) is 4.69. The second-order valence-electron chi connectivity index (χ2n) is 7.03. The van der Waals surface area contributed by atoms with E-state index in [0.29, 0.717) is 0 Å². The molecule has 22 heavy (non-hydrogen) atoms. The van der Waals surface area contributed by atoms with E-state index >= 15 is 0 Å². The maximum absolute atomic E-state index is 2.52. The van der Waals surface area contributed by atoms with E-state index in [9.17, 15) is 0 Å². The van der Waals surface area contributed by atoms with E-state index < -0.39 is 8.07 Å². The van der Waals surface area contributed by atoms with Crippen LogP contribution in [0.2, 0.25) is 13.1 Å². The SMILES string of the molecule is CCC1=C2c3c(ccc(c3-c3ccc(CC)cc3)[Si]2(C)C)[CH]1. The average Bonchev–Trinajstić information content (AvgIpc) is 2.99. The molecule has 0 nitrogen and oxygen atoms in total. The highest BCUT2D eigenvalue weighted by atomic mass is 28.3. The Bertz CT molecular complexity index is 791. The number of allylic oxidation sites excluding steroid dienone is 1. The van der Waals surface area contributed by atoms with E-state index in [0.717, 1.165) is 12.8 Å². The van der Waals surface area contributed by atoms with Crippen LogP contribution in [0.1, 0.15) is 37.0 Å². The van der Waals surface area contributed by atoms with Crippen LogP contribution in [0.3, 0.4) is 0 Å². The van der Waals surface area contributed by atoms with Gasteiger partial charge in [0.2, 0.25) is 0 Å². The summed E-state index contributed by atoms with van der Waals surface area (Å²) in [5.41, 5.74) is 8.96. The Balaban J connectivity index is 1.99. The molecule has 0 spiro atoms. The molecule has 2 aromatic carbocycles. The van der Waals surface area contributed by atoms with Crippen molar-refractivity contribution in [3.63, 3.8) is 0 Å². The minimum Gasteiger partial charge on any atom is -0.0617 e. The van der Waals surface area contributed by atoms with E-state index in [1.807, 2.05) is 0 Å². The maximum atomic E-state index is 2.52. The standard InChI is InChI=1S/C21H23Si/c1-5-14-7-9-16(10-8-14)19-18-12-11-17-13-15(6-2)21(20(17)19)22(18,3)4/h7-13H,5-6H2,1-4H3. The van der Waals surface area contributed by atoms with Crippen molar-refractivity contribution in [1.82, 2.24) is 0 Å². The Morgan fingerprint density at radius 1 is 0.818 bits per heavy atom. The first-order valence-electron chi connectivity index (χ1n) is 8.43. The second-order valence-corrected chi connectivity index (χ2v) is 11.3. The van der Waals surface area contributed by atoms with E-state index in [1.54, 1.807) is 21.5 Å². The molecular weight excluding hydrogens is 280 g/mol. The van der Waals surface area contributed by atoms with Gasteiger partial charge in [-0.15, -0.1) is 0 Å². The lowest BCUT2D eigenvalue weighted by atomic mass is 9.96. The summed E-state index contributed by atoms with van der Waals surface area (Å²) in [6.07, 6.45) is 4.70. The van der Waals surface area contributed by atoms with Crippen molar-refractivity contribution in [1.29, 1.82) is 0 Å². The maximum Gasteiger partial charge on any atom is 0.113 e. The van der Waals surface area contributed by atoms with Gasteiger partial charge in [0.25, 0.3) is 0 Å². The molecule has 1 aliphatic heterocycles. The van der Waals surface area contributed by atoms with Gasteiger partial charge in [-0.2, -0.15) is 0 Å². The highest BCUT2D eigenvalue weighted by Gasteiger charge is 2.45. The smallest absolute Gasteiger partial charge is 0.0617 e. The fourth-order valence-electron chi connectivity index (χ4n) is 4.28. The highest BCUT2D eigenvalue weighted by molar-refractivity contribution is 7.07. The first-order valence-corrected chi connectivity index (χ1v) is 11.4. The van der Waals surface area contributed by atoms with Gasteiger partial charge in [-0.05, 0) is 51.0 Å². The molecule has 0 unspecified atom stereocenters. The van der Waals surface area contributed by atoms with Crippen LogP contribution in [-0.2, 0) is 6.42 Å². The topological polar surface area (TPSA) is 0 Å². The van der Waals surface area contributed by atoms with Gasteiger partial charge in [0.05, 0.1) is 0 Å². The minimum absolute atomic E-state index is 1.11. The Morgan fingerprint density at radius 3 is 2.18 bits per heavy atom. The zero-order valence-corrected chi connectivity index (χ0v) is 15.0. The van der Waals surface area contributed by atoms with Crippen LogP contribution in [0.25, 0.3) is 16.3 Å². The molecule has 0 atom stereocenters. The summed E-state index contributed by atoms with van der Waals surface area (Å²) >= 11 is 0. The summed E-state index contributed by atoms with van der Waals surface area (Å²) in [6.45, 7) is 9.56. The van der Waals surface area contributed by atoms with E-state index in [4.69, 9.17) is 0 Å². The van der Waals surface area contributed by atoms with E-state index in [2.05, 4.69) is 69.8 Å². The zero-order valence-electron chi connectivity index (χ0n) is 14.0. The van der Waals surface area contributed by atoms with Crippen LogP contribution in [0.15, 0.2) is 42.0 Å². The minimum atomic E-state index is -1.53. The predicted octanol–water partition coefficient (Wildman–Crippen LogP) is 5.11. The molecule has 111 valence electrons. The molecule has 0 N–H and O–H groups in total. The normalized spacial score (nSPS) is 17.5. The Hall–Kier alpha value is -1.60. The lowest BCUT2D eigenvalue weighted by Crippen LogP contribution is -2.39. The Morgan fingerprint density at radius 2 is 1.55 bits per heavy atom.